The number of aryl methyl sites for hydroxylation is 1. The Bertz CT molecular complexity index is 696. The molecule has 126 valence electrons. The molecule has 0 radical (unpaired) electrons. The van der Waals surface area contributed by atoms with Crippen LogP contribution in [0.25, 0.3) is 0 Å². The zero-order valence-corrected chi connectivity index (χ0v) is 14.1. The van der Waals surface area contributed by atoms with Crippen LogP contribution < -0.4 is 9.62 Å². The highest BCUT2D eigenvalue weighted by atomic mass is 32.2. The van der Waals surface area contributed by atoms with Crippen molar-refractivity contribution in [2.75, 3.05) is 30.3 Å². The molecule has 1 aromatic rings. The van der Waals surface area contributed by atoms with E-state index in [-0.39, 0.29) is 12.0 Å². The molecule has 0 spiro atoms. The summed E-state index contributed by atoms with van der Waals surface area (Å²) < 4.78 is 30.6. The number of anilines is 1. The second-order valence-corrected chi connectivity index (χ2v) is 8.03. The molecule has 1 amide bonds. The van der Waals surface area contributed by atoms with Crippen molar-refractivity contribution in [2.45, 2.75) is 31.8 Å². The lowest BCUT2D eigenvalue weighted by Crippen LogP contribution is -2.35. The molecular formula is C16H22N2O4S. The first-order chi connectivity index (χ1) is 10.9. The Morgan fingerprint density at radius 2 is 2.22 bits per heavy atom. The standard InChI is InChI=1S/C16H22N2O4S/c1-23(20,21)18-8-2-4-12-10-13(6-7-15(12)18)16(19)17-11-14-5-3-9-22-14/h6-7,10,14H,2-5,8-9,11H2,1H3,(H,17,19)/t14-/m0/s1. The molecule has 6 nitrogen and oxygen atoms in total. The van der Waals surface area contributed by atoms with E-state index in [9.17, 15) is 13.2 Å². The predicted molar refractivity (Wildman–Crippen MR) is 88.3 cm³/mol. The predicted octanol–water partition coefficient (Wildman–Crippen LogP) is 1.31. The summed E-state index contributed by atoms with van der Waals surface area (Å²) in [5.74, 6) is -0.139. The third-order valence-electron chi connectivity index (χ3n) is 4.33. The molecule has 0 saturated carbocycles. The minimum Gasteiger partial charge on any atom is -0.376 e. The summed E-state index contributed by atoms with van der Waals surface area (Å²) in [7, 11) is -3.28. The van der Waals surface area contributed by atoms with E-state index in [0.29, 0.717) is 24.3 Å². The summed E-state index contributed by atoms with van der Waals surface area (Å²) in [4.78, 5) is 12.3. The van der Waals surface area contributed by atoms with E-state index in [4.69, 9.17) is 4.74 Å². The number of hydrogen-bond donors (Lipinski definition) is 1. The van der Waals surface area contributed by atoms with Gasteiger partial charge in [-0.25, -0.2) is 8.42 Å². The van der Waals surface area contributed by atoms with E-state index in [1.165, 1.54) is 10.6 Å². The fourth-order valence-corrected chi connectivity index (χ4v) is 4.16. The van der Waals surface area contributed by atoms with Crippen LogP contribution in [0.3, 0.4) is 0 Å². The molecule has 1 saturated heterocycles. The second kappa shape index (κ2) is 6.49. The van der Waals surface area contributed by atoms with Crippen LogP contribution in [0, 0.1) is 0 Å². The van der Waals surface area contributed by atoms with Crippen LogP contribution in [-0.4, -0.2) is 46.4 Å². The Kier molecular flexibility index (Phi) is 4.59. The fourth-order valence-electron chi connectivity index (χ4n) is 3.16. The van der Waals surface area contributed by atoms with Crippen molar-refractivity contribution in [3.8, 4) is 0 Å². The Morgan fingerprint density at radius 3 is 2.91 bits per heavy atom. The molecule has 0 aliphatic carbocycles. The van der Waals surface area contributed by atoms with E-state index in [0.717, 1.165) is 37.9 Å². The van der Waals surface area contributed by atoms with Gasteiger partial charge in [0, 0.05) is 25.3 Å². The van der Waals surface area contributed by atoms with E-state index >= 15 is 0 Å². The zero-order valence-electron chi connectivity index (χ0n) is 13.2. The summed E-state index contributed by atoms with van der Waals surface area (Å²) in [6, 6.07) is 5.22. The SMILES string of the molecule is CS(=O)(=O)N1CCCc2cc(C(=O)NC[C@@H]3CCCO3)ccc21. The number of carbonyl (C=O) groups excluding carboxylic acids is 1. The molecule has 2 heterocycles. The number of sulfonamides is 1. The molecule has 0 aromatic heterocycles. The minimum absolute atomic E-state index is 0.109. The van der Waals surface area contributed by atoms with Crippen molar-refractivity contribution >= 4 is 21.6 Å². The Balaban J connectivity index is 1.73. The molecule has 1 fully saturated rings. The van der Waals surface area contributed by atoms with E-state index in [1.54, 1.807) is 18.2 Å². The van der Waals surface area contributed by atoms with Crippen LogP contribution in [-0.2, 0) is 21.2 Å². The van der Waals surface area contributed by atoms with Gasteiger partial charge in [-0.15, -0.1) is 0 Å². The number of ether oxygens (including phenoxy) is 1. The first-order valence-electron chi connectivity index (χ1n) is 7.95. The number of hydrogen-bond acceptors (Lipinski definition) is 4. The van der Waals surface area contributed by atoms with Gasteiger partial charge in [0.05, 0.1) is 18.0 Å². The molecule has 1 N–H and O–H groups in total. The maximum Gasteiger partial charge on any atom is 0.251 e. The molecule has 2 aliphatic rings. The van der Waals surface area contributed by atoms with Crippen LogP contribution in [0.4, 0.5) is 5.69 Å². The Labute approximate surface area is 136 Å². The van der Waals surface area contributed by atoms with Gasteiger partial charge < -0.3 is 10.1 Å². The summed E-state index contributed by atoms with van der Waals surface area (Å²) in [5.41, 5.74) is 2.16. The van der Waals surface area contributed by atoms with E-state index in [1.807, 2.05) is 0 Å². The lowest BCUT2D eigenvalue weighted by atomic mass is 10.0. The molecule has 0 bridgehead atoms. The lowest BCUT2D eigenvalue weighted by molar-refractivity contribution is 0.0857. The summed E-state index contributed by atoms with van der Waals surface area (Å²) in [6.07, 6.45) is 4.89. The normalized spacial score (nSPS) is 21.1. The molecule has 3 rings (SSSR count). The Hall–Kier alpha value is -1.60. The van der Waals surface area contributed by atoms with Crippen LogP contribution in [0.5, 0.6) is 0 Å². The second-order valence-electron chi connectivity index (χ2n) is 6.13. The van der Waals surface area contributed by atoms with Gasteiger partial charge >= 0.3 is 0 Å². The van der Waals surface area contributed by atoms with Crippen LogP contribution >= 0.6 is 0 Å². The number of carbonyl (C=O) groups is 1. The van der Waals surface area contributed by atoms with Crippen molar-refractivity contribution < 1.29 is 17.9 Å². The number of fused-ring (bicyclic) bond motifs is 1. The maximum absolute atomic E-state index is 12.3. The molecule has 2 aliphatic heterocycles. The number of nitrogens with one attached hydrogen (secondary N) is 1. The third kappa shape index (κ3) is 3.67. The molecular weight excluding hydrogens is 316 g/mol. The quantitative estimate of drug-likeness (QED) is 0.898. The summed E-state index contributed by atoms with van der Waals surface area (Å²) >= 11 is 0. The van der Waals surface area contributed by atoms with Gasteiger partial charge in [-0.05, 0) is 49.4 Å². The molecule has 1 atom stereocenters. The highest BCUT2D eigenvalue weighted by molar-refractivity contribution is 7.92. The first kappa shape index (κ1) is 16.3. The fraction of sp³-hybridized carbons (Fsp3) is 0.562. The highest BCUT2D eigenvalue weighted by Crippen LogP contribution is 2.29. The van der Waals surface area contributed by atoms with Gasteiger partial charge in [0.15, 0.2) is 0 Å². The van der Waals surface area contributed by atoms with Gasteiger partial charge in [-0.3, -0.25) is 9.10 Å². The maximum atomic E-state index is 12.3. The van der Waals surface area contributed by atoms with Crippen molar-refractivity contribution in [1.82, 2.24) is 5.32 Å². The van der Waals surface area contributed by atoms with Crippen LogP contribution in [0.15, 0.2) is 18.2 Å². The first-order valence-corrected chi connectivity index (χ1v) is 9.80. The molecule has 7 heteroatoms. The Morgan fingerprint density at radius 1 is 1.39 bits per heavy atom. The average molecular weight is 338 g/mol. The van der Waals surface area contributed by atoms with Gasteiger partial charge in [0.1, 0.15) is 0 Å². The number of amides is 1. The van der Waals surface area contributed by atoms with Gasteiger partial charge in [0.2, 0.25) is 10.0 Å². The van der Waals surface area contributed by atoms with Gasteiger partial charge in [0.25, 0.3) is 5.91 Å². The topological polar surface area (TPSA) is 75.7 Å². The number of benzene rings is 1. The number of rotatable bonds is 4. The highest BCUT2D eigenvalue weighted by Gasteiger charge is 2.25. The van der Waals surface area contributed by atoms with Crippen LogP contribution in [0.1, 0.15) is 35.2 Å². The summed E-state index contributed by atoms with van der Waals surface area (Å²) in [5, 5.41) is 2.89. The lowest BCUT2D eigenvalue weighted by Gasteiger charge is -2.29. The third-order valence-corrected chi connectivity index (χ3v) is 5.51. The smallest absolute Gasteiger partial charge is 0.251 e. The largest absolute Gasteiger partial charge is 0.376 e. The zero-order chi connectivity index (χ0) is 16.4. The number of nitrogens with zero attached hydrogens (tertiary/aromatic N) is 1. The van der Waals surface area contributed by atoms with Gasteiger partial charge in [-0.1, -0.05) is 0 Å². The van der Waals surface area contributed by atoms with Crippen LogP contribution in [0.2, 0.25) is 0 Å². The minimum atomic E-state index is -3.28. The van der Waals surface area contributed by atoms with Crippen molar-refractivity contribution in [2.24, 2.45) is 0 Å². The monoisotopic (exact) mass is 338 g/mol. The average Bonchev–Trinajstić information content (AvgIpc) is 3.04. The summed E-state index contributed by atoms with van der Waals surface area (Å²) in [6.45, 7) is 1.78. The van der Waals surface area contributed by atoms with Crippen molar-refractivity contribution in [3.63, 3.8) is 0 Å². The van der Waals surface area contributed by atoms with E-state index in [2.05, 4.69) is 5.32 Å². The molecule has 23 heavy (non-hydrogen) atoms. The molecule has 1 aromatic carbocycles. The van der Waals surface area contributed by atoms with E-state index < -0.39 is 10.0 Å². The molecule has 0 unspecified atom stereocenters. The van der Waals surface area contributed by atoms with Crippen molar-refractivity contribution in [1.29, 1.82) is 0 Å². The van der Waals surface area contributed by atoms with Gasteiger partial charge in [-0.2, -0.15) is 0 Å². The van der Waals surface area contributed by atoms with Crippen molar-refractivity contribution in [3.05, 3.63) is 29.3 Å².